The zero-order valence-electron chi connectivity index (χ0n) is 18.1. The number of methoxy groups -OCH3 is 1. The van der Waals surface area contributed by atoms with E-state index in [2.05, 4.69) is 5.32 Å². The van der Waals surface area contributed by atoms with Gasteiger partial charge in [0.1, 0.15) is 6.61 Å². The highest BCUT2D eigenvalue weighted by Crippen LogP contribution is 2.37. The Morgan fingerprint density at radius 3 is 1.61 bits per heavy atom. The summed E-state index contributed by atoms with van der Waals surface area (Å²) in [5, 5.41) is 40.4. The quantitative estimate of drug-likeness (QED) is 0.195. The van der Waals surface area contributed by atoms with Crippen LogP contribution in [0.2, 0.25) is 0 Å². The Kier molecular flexibility index (Phi) is 13.2. The monoisotopic (exact) mass is 805 g/mol. The van der Waals surface area contributed by atoms with Crippen molar-refractivity contribution in [3.63, 3.8) is 0 Å². The second kappa shape index (κ2) is 14.2. The van der Waals surface area contributed by atoms with E-state index in [0.717, 1.165) is 0 Å². The molecule has 33 heavy (non-hydrogen) atoms. The summed E-state index contributed by atoms with van der Waals surface area (Å²) < 4.78 is 5.94. The molecule has 0 saturated heterocycles. The fraction of sp³-hybridized carbons (Fsp3) is 0.526. The van der Waals surface area contributed by atoms with Gasteiger partial charge >= 0.3 is 0 Å². The van der Waals surface area contributed by atoms with Crippen LogP contribution in [-0.4, -0.2) is 114 Å². The number of carbonyl (C=O) groups excluding carboxylic acids is 3. The van der Waals surface area contributed by atoms with Crippen LogP contribution in [0.3, 0.4) is 0 Å². The molecule has 2 unspecified atom stereocenters. The Morgan fingerprint density at radius 1 is 0.879 bits per heavy atom. The van der Waals surface area contributed by atoms with E-state index in [1.54, 1.807) is 0 Å². The van der Waals surface area contributed by atoms with Gasteiger partial charge in [0.25, 0.3) is 11.8 Å². The number of nitrogens with zero attached hydrogens (tertiary/aromatic N) is 2. The number of carbonyl (C=O) groups is 3. The molecule has 11 nitrogen and oxygen atoms in total. The maximum Gasteiger partial charge on any atom is 0.255 e. The van der Waals surface area contributed by atoms with Crippen molar-refractivity contribution in [1.82, 2.24) is 9.80 Å². The Morgan fingerprint density at radius 2 is 1.27 bits per heavy atom. The van der Waals surface area contributed by atoms with Gasteiger partial charge in [-0.3, -0.25) is 14.4 Å². The van der Waals surface area contributed by atoms with Crippen molar-refractivity contribution < 1.29 is 39.5 Å². The molecule has 0 radical (unpaired) electrons. The van der Waals surface area contributed by atoms with E-state index in [-0.39, 0.29) is 36.5 Å². The number of halogens is 3. The lowest BCUT2D eigenvalue weighted by atomic mass is 10.1. The van der Waals surface area contributed by atoms with Crippen molar-refractivity contribution in [1.29, 1.82) is 0 Å². The number of aliphatic hydroxyl groups is 4. The van der Waals surface area contributed by atoms with Gasteiger partial charge in [0.2, 0.25) is 5.91 Å². The van der Waals surface area contributed by atoms with E-state index in [1.807, 2.05) is 67.8 Å². The lowest BCUT2D eigenvalue weighted by molar-refractivity contribution is -0.119. The minimum absolute atomic E-state index is 0.136. The van der Waals surface area contributed by atoms with E-state index in [9.17, 15) is 24.6 Å². The average Bonchev–Trinajstić information content (AvgIpc) is 2.76. The van der Waals surface area contributed by atoms with Crippen molar-refractivity contribution >= 4 is 91.2 Å². The largest absolute Gasteiger partial charge is 0.394 e. The highest BCUT2D eigenvalue weighted by Gasteiger charge is 2.31. The fourth-order valence-corrected chi connectivity index (χ4v) is 7.11. The molecule has 0 saturated carbocycles. The van der Waals surface area contributed by atoms with Gasteiger partial charge in [-0.05, 0) is 67.8 Å². The Bertz CT molecular complexity index is 829. The maximum atomic E-state index is 13.3. The van der Waals surface area contributed by atoms with Crippen LogP contribution in [0.15, 0.2) is 0 Å². The standard InChI is InChI=1S/C19H26I3N3O8/c1-24(4-9(28)6-26)18(31)12-14(20)13(19(32)25(2)5-10(29)7-27)16(22)17(15(12)21)23-11(30)8-33-3/h9-10,26-29H,4-8H2,1-3H3,(H,23,30). The fourth-order valence-electron chi connectivity index (χ4n) is 2.75. The Balaban J connectivity index is 3.67. The molecule has 1 rings (SSSR count). The first-order chi connectivity index (χ1) is 15.4. The number of benzene rings is 1. The van der Waals surface area contributed by atoms with Gasteiger partial charge < -0.3 is 40.3 Å². The molecule has 0 heterocycles. The number of likely N-dealkylation sites (N-methyl/N-ethyl adjacent to an activating group) is 2. The molecule has 3 amide bonds. The zero-order chi connectivity index (χ0) is 25.5. The number of ether oxygens (including phenoxy) is 1. The second-order valence-corrected chi connectivity index (χ2v) is 10.3. The molecule has 14 heteroatoms. The van der Waals surface area contributed by atoms with Gasteiger partial charge in [-0.2, -0.15) is 0 Å². The van der Waals surface area contributed by atoms with Gasteiger partial charge in [-0.25, -0.2) is 0 Å². The number of amides is 3. The van der Waals surface area contributed by atoms with Crippen LogP contribution in [0.5, 0.6) is 0 Å². The van der Waals surface area contributed by atoms with Crippen LogP contribution in [0, 0.1) is 10.7 Å². The number of anilines is 1. The van der Waals surface area contributed by atoms with Crippen molar-refractivity contribution in [3.8, 4) is 0 Å². The van der Waals surface area contributed by atoms with Crippen LogP contribution in [0.4, 0.5) is 5.69 Å². The first-order valence-corrected chi connectivity index (χ1v) is 12.7. The SMILES string of the molecule is COCC(=O)Nc1c(I)c(C(=O)N(C)CC(O)CO)c(I)c(C(=O)N(C)CC(O)CO)c1I. The number of hydrogen-bond acceptors (Lipinski definition) is 8. The van der Waals surface area contributed by atoms with Crippen molar-refractivity contribution in [3.05, 3.63) is 21.8 Å². The van der Waals surface area contributed by atoms with E-state index in [4.69, 9.17) is 14.9 Å². The minimum Gasteiger partial charge on any atom is -0.394 e. The lowest BCUT2D eigenvalue weighted by Crippen LogP contribution is -2.39. The van der Waals surface area contributed by atoms with Crippen LogP contribution < -0.4 is 5.32 Å². The van der Waals surface area contributed by atoms with Gasteiger partial charge in [-0.15, -0.1) is 0 Å². The molecule has 0 aliphatic rings. The second-order valence-electron chi connectivity index (χ2n) is 7.09. The van der Waals surface area contributed by atoms with Gasteiger partial charge in [0.05, 0.1) is 49.4 Å². The number of hydrogen-bond donors (Lipinski definition) is 5. The molecule has 0 aliphatic heterocycles. The Hall–Kier alpha value is -0.380. The molecule has 0 spiro atoms. The molecule has 1 aromatic carbocycles. The van der Waals surface area contributed by atoms with Crippen LogP contribution >= 0.6 is 67.8 Å². The van der Waals surface area contributed by atoms with Crippen molar-refractivity contribution in [2.75, 3.05) is 59.4 Å². The lowest BCUT2D eigenvalue weighted by Gasteiger charge is -2.26. The zero-order valence-corrected chi connectivity index (χ0v) is 24.6. The summed E-state index contributed by atoms with van der Waals surface area (Å²) in [5.74, 6) is -1.54. The molecule has 5 N–H and O–H groups in total. The van der Waals surface area contributed by atoms with Gasteiger partial charge in [0.15, 0.2) is 0 Å². The molecule has 0 bridgehead atoms. The first-order valence-electron chi connectivity index (χ1n) is 9.49. The molecular formula is C19H26I3N3O8. The van der Waals surface area contributed by atoms with Crippen molar-refractivity contribution in [2.45, 2.75) is 12.2 Å². The molecule has 0 aliphatic carbocycles. The van der Waals surface area contributed by atoms with Gasteiger partial charge in [-0.1, -0.05) is 0 Å². The third-order valence-corrected chi connectivity index (χ3v) is 7.60. The first kappa shape index (κ1) is 30.7. The summed E-state index contributed by atoms with van der Waals surface area (Å²) in [6.45, 7) is -1.59. The topological polar surface area (TPSA) is 160 Å². The molecular weight excluding hydrogens is 779 g/mol. The summed E-state index contributed by atoms with van der Waals surface area (Å²) in [4.78, 5) is 41.2. The van der Waals surface area contributed by atoms with Crippen LogP contribution in [0.1, 0.15) is 20.7 Å². The summed E-state index contributed by atoms with van der Waals surface area (Å²) in [5.41, 5.74) is 0.519. The molecule has 0 aromatic heterocycles. The van der Waals surface area contributed by atoms with Crippen LogP contribution in [-0.2, 0) is 9.53 Å². The molecule has 0 fully saturated rings. The summed E-state index contributed by atoms with van der Waals surface area (Å²) in [6, 6.07) is 0. The van der Waals surface area contributed by atoms with E-state index < -0.39 is 43.1 Å². The highest BCUT2D eigenvalue weighted by molar-refractivity contribution is 14.1. The molecule has 2 atom stereocenters. The van der Waals surface area contributed by atoms with E-state index in [1.165, 1.54) is 31.0 Å². The number of aliphatic hydroxyl groups excluding tert-OH is 4. The van der Waals surface area contributed by atoms with E-state index in [0.29, 0.717) is 10.7 Å². The maximum absolute atomic E-state index is 13.3. The van der Waals surface area contributed by atoms with Crippen molar-refractivity contribution in [2.24, 2.45) is 0 Å². The highest BCUT2D eigenvalue weighted by atomic mass is 127. The summed E-state index contributed by atoms with van der Waals surface area (Å²) in [6.07, 6.45) is -2.29. The minimum atomic E-state index is -1.15. The number of nitrogens with one attached hydrogen (secondary N) is 1. The predicted octanol–water partition coefficient (Wildman–Crippen LogP) is -0.0643. The average molecular weight is 805 g/mol. The van der Waals surface area contributed by atoms with Gasteiger partial charge in [0, 0.05) is 37.9 Å². The smallest absolute Gasteiger partial charge is 0.255 e. The van der Waals surface area contributed by atoms with Crippen LogP contribution in [0.25, 0.3) is 0 Å². The molecule has 1 aromatic rings. The third-order valence-electron chi connectivity index (χ3n) is 4.37. The molecule has 186 valence electrons. The predicted molar refractivity (Wildman–Crippen MR) is 145 cm³/mol. The normalized spacial score (nSPS) is 12.8. The number of rotatable bonds is 11. The van der Waals surface area contributed by atoms with E-state index >= 15 is 0 Å². The Labute approximate surface area is 232 Å². The third kappa shape index (κ3) is 8.07. The summed E-state index contributed by atoms with van der Waals surface area (Å²) in [7, 11) is 4.25. The summed E-state index contributed by atoms with van der Waals surface area (Å²) >= 11 is 5.69.